The summed E-state index contributed by atoms with van der Waals surface area (Å²) in [5.41, 5.74) is 2.31. The normalized spacial score (nSPS) is 12.6. The molecule has 1 unspecified atom stereocenters. The minimum absolute atomic E-state index is 0.127. The summed E-state index contributed by atoms with van der Waals surface area (Å²) in [5.74, 6) is 0. The van der Waals surface area contributed by atoms with Crippen molar-refractivity contribution in [3.63, 3.8) is 0 Å². The number of aromatic nitrogens is 3. The molecule has 0 fully saturated rings. The van der Waals surface area contributed by atoms with Crippen LogP contribution in [0, 0.1) is 0 Å². The average molecular weight is 309 g/mol. The van der Waals surface area contributed by atoms with Crippen LogP contribution >= 0.6 is 15.9 Å². The second-order valence-corrected chi connectivity index (χ2v) is 4.94. The fourth-order valence-electron chi connectivity index (χ4n) is 2.02. The molecule has 0 saturated heterocycles. The van der Waals surface area contributed by atoms with E-state index in [1.165, 1.54) is 5.56 Å². The van der Waals surface area contributed by atoms with Gasteiger partial charge in [-0.25, -0.2) is 4.68 Å². The molecule has 0 aliphatic rings. The zero-order valence-corrected chi connectivity index (χ0v) is 12.2. The molecule has 2 aromatic rings. The SMILES string of the molecule is CCNC(c1cccc(Br)c1)c1cnnn1CC. The molecule has 96 valence electrons. The Kier molecular flexibility index (Phi) is 4.49. The Morgan fingerprint density at radius 3 is 2.89 bits per heavy atom. The number of benzene rings is 1. The maximum atomic E-state index is 4.10. The highest BCUT2D eigenvalue weighted by molar-refractivity contribution is 9.10. The fraction of sp³-hybridized carbons (Fsp3) is 0.385. The zero-order valence-electron chi connectivity index (χ0n) is 10.6. The summed E-state index contributed by atoms with van der Waals surface area (Å²) in [4.78, 5) is 0. The molecule has 0 aliphatic carbocycles. The standard InChI is InChI=1S/C13H17BrN4/c1-3-15-13(10-6-5-7-11(14)8-10)12-9-16-17-18(12)4-2/h5-9,13,15H,3-4H2,1-2H3. The Balaban J connectivity index is 2.39. The maximum absolute atomic E-state index is 4.10. The molecule has 0 radical (unpaired) electrons. The van der Waals surface area contributed by atoms with Crippen LogP contribution in [-0.2, 0) is 6.54 Å². The maximum Gasteiger partial charge on any atom is 0.0801 e. The Hall–Kier alpha value is -1.20. The Bertz CT molecular complexity index is 509. The highest BCUT2D eigenvalue weighted by Gasteiger charge is 2.17. The van der Waals surface area contributed by atoms with Crippen molar-refractivity contribution in [3.8, 4) is 0 Å². The first-order valence-electron chi connectivity index (χ1n) is 6.13. The summed E-state index contributed by atoms with van der Waals surface area (Å²) in [6.45, 7) is 5.89. The summed E-state index contributed by atoms with van der Waals surface area (Å²) in [6, 6.07) is 8.44. The number of aryl methyl sites for hydroxylation is 1. The molecule has 0 bridgehead atoms. The molecule has 2 rings (SSSR count). The van der Waals surface area contributed by atoms with Crippen molar-refractivity contribution >= 4 is 15.9 Å². The molecule has 0 amide bonds. The third-order valence-electron chi connectivity index (χ3n) is 2.83. The van der Waals surface area contributed by atoms with Crippen LogP contribution in [0.2, 0.25) is 0 Å². The molecule has 1 heterocycles. The number of hydrogen-bond acceptors (Lipinski definition) is 3. The van der Waals surface area contributed by atoms with E-state index in [1.807, 2.05) is 23.0 Å². The molecule has 0 aliphatic heterocycles. The summed E-state index contributed by atoms with van der Waals surface area (Å²) in [6.07, 6.45) is 1.83. The number of nitrogens with zero attached hydrogens (tertiary/aromatic N) is 3. The smallest absolute Gasteiger partial charge is 0.0801 e. The van der Waals surface area contributed by atoms with Crippen LogP contribution in [0.1, 0.15) is 31.1 Å². The van der Waals surface area contributed by atoms with Crippen molar-refractivity contribution < 1.29 is 0 Å². The first kappa shape index (κ1) is 13.2. The zero-order chi connectivity index (χ0) is 13.0. The third kappa shape index (κ3) is 2.79. The van der Waals surface area contributed by atoms with Crippen LogP contribution in [0.15, 0.2) is 34.9 Å². The predicted octanol–water partition coefficient (Wildman–Crippen LogP) is 2.76. The molecular formula is C13H17BrN4. The van der Waals surface area contributed by atoms with Crippen LogP contribution in [0.5, 0.6) is 0 Å². The predicted molar refractivity (Wildman–Crippen MR) is 75.4 cm³/mol. The van der Waals surface area contributed by atoms with Crippen LogP contribution in [0.4, 0.5) is 0 Å². The number of hydrogen-bond donors (Lipinski definition) is 1. The average Bonchev–Trinajstić information content (AvgIpc) is 2.84. The highest BCUT2D eigenvalue weighted by Crippen LogP contribution is 2.23. The van der Waals surface area contributed by atoms with Gasteiger partial charge in [-0.3, -0.25) is 0 Å². The molecule has 18 heavy (non-hydrogen) atoms. The van der Waals surface area contributed by atoms with Crippen molar-refractivity contribution in [3.05, 3.63) is 46.2 Å². The van der Waals surface area contributed by atoms with Crippen molar-refractivity contribution in [2.75, 3.05) is 6.54 Å². The van der Waals surface area contributed by atoms with Crippen LogP contribution in [-0.4, -0.2) is 21.5 Å². The van der Waals surface area contributed by atoms with E-state index < -0.39 is 0 Å². The number of nitrogens with one attached hydrogen (secondary N) is 1. The van der Waals surface area contributed by atoms with Crippen LogP contribution in [0.3, 0.4) is 0 Å². The largest absolute Gasteiger partial charge is 0.305 e. The lowest BCUT2D eigenvalue weighted by atomic mass is 10.0. The Morgan fingerprint density at radius 2 is 2.22 bits per heavy atom. The second-order valence-electron chi connectivity index (χ2n) is 4.02. The minimum atomic E-state index is 0.127. The molecule has 0 spiro atoms. The van der Waals surface area contributed by atoms with Gasteiger partial charge in [0, 0.05) is 11.0 Å². The fourth-order valence-corrected chi connectivity index (χ4v) is 2.44. The van der Waals surface area contributed by atoms with Gasteiger partial charge in [0.2, 0.25) is 0 Å². The number of rotatable bonds is 5. The van der Waals surface area contributed by atoms with Gasteiger partial charge in [0.25, 0.3) is 0 Å². The van der Waals surface area contributed by atoms with Gasteiger partial charge >= 0.3 is 0 Å². The van der Waals surface area contributed by atoms with Crippen molar-refractivity contribution in [2.45, 2.75) is 26.4 Å². The van der Waals surface area contributed by atoms with E-state index in [1.54, 1.807) is 0 Å². The van der Waals surface area contributed by atoms with E-state index in [9.17, 15) is 0 Å². The van der Waals surface area contributed by atoms with Gasteiger partial charge in [-0.2, -0.15) is 0 Å². The highest BCUT2D eigenvalue weighted by atomic mass is 79.9. The van der Waals surface area contributed by atoms with Crippen molar-refractivity contribution in [1.29, 1.82) is 0 Å². The van der Waals surface area contributed by atoms with Gasteiger partial charge in [0.1, 0.15) is 0 Å². The van der Waals surface area contributed by atoms with E-state index in [4.69, 9.17) is 0 Å². The van der Waals surface area contributed by atoms with E-state index in [0.717, 1.165) is 23.3 Å². The van der Waals surface area contributed by atoms with Crippen LogP contribution in [0.25, 0.3) is 0 Å². The van der Waals surface area contributed by atoms with Gasteiger partial charge < -0.3 is 5.32 Å². The number of halogens is 1. The third-order valence-corrected chi connectivity index (χ3v) is 3.33. The van der Waals surface area contributed by atoms with E-state index in [2.05, 4.69) is 57.5 Å². The minimum Gasteiger partial charge on any atom is -0.305 e. The lowest BCUT2D eigenvalue weighted by Crippen LogP contribution is -2.24. The van der Waals surface area contributed by atoms with Gasteiger partial charge in [0.05, 0.1) is 17.9 Å². The van der Waals surface area contributed by atoms with E-state index in [0.29, 0.717) is 0 Å². The summed E-state index contributed by atoms with van der Waals surface area (Å²) >= 11 is 3.51. The topological polar surface area (TPSA) is 42.7 Å². The van der Waals surface area contributed by atoms with Gasteiger partial charge in [-0.1, -0.05) is 40.2 Å². The monoisotopic (exact) mass is 308 g/mol. The van der Waals surface area contributed by atoms with Gasteiger partial charge in [0.15, 0.2) is 0 Å². The van der Waals surface area contributed by atoms with E-state index in [-0.39, 0.29) is 6.04 Å². The molecule has 1 N–H and O–H groups in total. The quantitative estimate of drug-likeness (QED) is 0.923. The molecule has 4 nitrogen and oxygen atoms in total. The molecule has 1 aromatic carbocycles. The Labute approximate surface area is 116 Å². The van der Waals surface area contributed by atoms with Crippen LogP contribution < -0.4 is 5.32 Å². The second kappa shape index (κ2) is 6.11. The van der Waals surface area contributed by atoms with E-state index >= 15 is 0 Å². The molecule has 0 saturated carbocycles. The summed E-state index contributed by atoms with van der Waals surface area (Å²) < 4.78 is 3.01. The summed E-state index contributed by atoms with van der Waals surface area (Å²) in [7, 11) is 0. The molecule has 5 heteroatoms. The molecule has 1 atom stereocenters. The van der Waals surface area contributed by atoms with Crippen molar-refractivity contribution in [2.24, 2.45) is 0 Å². The van der Waals surface area contributed by atoms with Crippen molar-refractivity contribution in [1.82, 2.24) is 20.3 Å². The Morgan fingerprint density at radius 1 is 1.39 bits per heavy atom. The molecular weight excluding hydrogens is 292 g/mol. The first-order chi connectivity index (χ1) is 8.76. The molecule has 1 aromatic heterocycles. The van der Waals surface area contributed by atoms with Gasteiger partial charge in [-0.15, -0.1) is 5.10 Å². The lowest BCUT2D eigenvalue weighted by molar-refractivity contribution is 0.534. The lowest BCUT2D eigenvalue weighted by Gasteiger charge is -2.19. The first-order valence-corrected chi connectivity index (χ1v) is 6.92. The van der Waals surface area contributed by atoms with Gasteiger partial charge in [-0.05, 0) is 31.2 Å². The summed E-state index contributed by atoms with van der Waals surface area (Å²) in [5, 5.41) is 11.6.